The van der Waals surface area contributed by atoms with Gasteiger partial charge in [-0.1, -0.05) is 33.3 Å². The molecule has 0 aliphatic carbocycles. The molecule has 3 heterocycles. The Morgan fingerprint density at radius 3 is 3.00 bits per heavy atom. The van der Waals surface area contributed by atoms with Crippen molar-refractivity contribution in [2.75, 3.05) is 0 Å². The van der Waals surface area contributed by atoms with Crippen molar-refractivity contribution in [3.05, 3.63) is 28.3 Å². The quantitative estimate of drug-likeness (QED) is 0.894. The summed E-state index contributed by atoms with van der Waals surface area (Å²) < 4.78 is 2.39. The number of nitrogens with one attached hydrogen (secondary N) is 1. The monoisotopic (exact) mass is 284 g/mol. The lowest BCUT2D eigenvalue weighted by Gasteiger charge is -2.17. The second kappa shape index (κ2) is 5.88. The molecule has 0 atom stereocenters. The van der Waals surface area contributed by atoms with Gasteiger partial charge < -0.3 is 9.88 Å². The van der Waals surface area contributed by atoms with E-state index in [0.717, 1.165) is 36.1 Å². The highest BCUT2D eigenvalue weighted by Crippen LogP contribution is 2.15. The first kappa shape index (κ1) is 14.1. The van der Waals surface area contributed by atoms with E-state index in [1.54, 1.807) is 0 Å². The number of hydrogen-bond acceptors (Lipinski definition) is 3. The summed E-state index contributed by atoms with van der Waals surface area (Å²) >= 11 is 0. The van der Waals surface area contributed by atoms with Crippen molar-refractivity contribution in [1.29, 1.82) is 0 Å². The lowest BCUT2D eigenvalue weighted by Crippen LogP contribution is -2.40. The minimum absolute atomic E-state index is 0.596. The summed E-state index contributed by atoms with van der Waals surface area (Å²) in [5, 5.41) is 5.56. The van der Waals surface area contributed by atoms with E-state index in [0.29, 0.717) is 5.92 Å². The lowest BCUT2D eigenvalue weighted by atomic mass is 10.1. The third-order valence-corrected chi connectivity index (χ3v) is 3.87. The van der Waals surface area contributed by atoms with Gasteiger partial charge >= 0.3 is 0 Å². The van der Waals surface area contributed by atoms with Crippen molar-refractivity contribution in [3.8, 4) is 0 Å². The van der Waals surface area contributed by atoms with E-state index < -0.39 is 0 Å². The molecule has 0 fully saturated rings. The fourth-order valence-corrected chi connectivity index (χ4v) is 2.90. The highest BCUT2D eigenvalue weighted by Gasteiger charge is 2.18. The third kappa shape index (κ3) is 2.67. The average Bonchev–Trinajstić information content (AvgIpc) is 2.82. The first-order valence-corrected chi connectivity index (χ1v) is 8.00. The summed E-state index contributed by atoms with van der Waals surface area (Å²) in [4.78, 5) is 9.49. The molecule has 1 N–H and O–H groups in total. The number of aromatic nitrogens is 2. The summed E-state index contributed by atoms with van der Waals surface area (Å²) in [5.41, 5.74) is 2.17. The van der Waals surface area contributed by atoms with Crippen LogP contribution in [0.2, 0.25) is 0 Å². The summed E-state index contributed by atoms with van der Waals surface area (Å²) in [6.45, 7) is 7.74. The van der Waals surface area contributed by atoms with Crippen LogP contribution in [0.3, 0.4) is 0 Å². The number of allylic oxidation sites excluding steroid dienone is 1. The van der Waals surface area contributed by atoms with Crippen LogP contribution in [0, 0.1) is 5.92 Å². The van der Waals surface area contributed by atoms with Crippen LogP contribution in [0.4, 0.5) is 0 Å². The Morgan fingerprint density at radius 1 is 1.38 bits per heavy atom. The smallest absolute Gasteiger partial charge is 0.112 e. The van der Waals surface area contributed by atoms with Crippen LogP contribution in [0.5, 0.6) is 0 Å². The molecule has 1 aromatic heterocycles. The number of fused-ring (bicyclic) bond motifs is 2. The molecular formula is C17H24N4. The first-order valence-electron chi connectivity index (χ1n) is 8.00. The molecule has 112 valence electrons. The maximum Gasteiger partial charge on any atom is 0.112 e. The van der Waals surface area contributed by atoms with E-state index in [2.05, 4.69) is 41.7 Å². The van der Waals surface area contributed by atoms with Gasteiger partial charge in [0, 0.05) is 31.8 Å². The van der Waals surface area contributed by atoms with Crippen LogP contribution in [0.25, 0.3) is 11.9 Å². The lowest BCUT2D eigenvalue weighted by molar-refractivity contribution is 0.494. The zero-order valence-electron chi connectivity index (χ0n) is 13.2. The zero-order chi connectivity index (χ0) is 14.8. The van der Waals surface area contributed by atoms with E-state index in [9.17, 15) is 0 Å². The molecule has 0 aromatic carbocycles. The first-order chi connectivity index (χ1) is 10.2. The fraction of sp³-hybridized carbons (Fsp3) is 0.529. The predicted molar refractivity (Wildman–Crippen MR) is 87.1 cm³/mol. The van der Waals surface area contributed by atoms with E-state index >= 15 is 0 Å². The molecule has 21 heavy (non-hydrogen) atoms. The molecule has 0 saturated heterocycles. The number of aryl methyl sites for hydroxylation is 1. The molecule has 0 unspecified atom stereocenters. The SMILES string of the molecule is CCCCc1nc2c(n1CC(C)C)=C1N=CCC=C1NC=2. The van der Waals surface area contributed by atoms with Crippen molar-refractivity contribution in [3.63, 3.8) is 0 Å². The van der Waals surface area contributed by atoms with Crippen LogP contribution in [0.1, 0.15) is 45.9 Å². The van der Waals surface area contributed by atoms with Crippen molar-refractivity contribution >= 4 is 18.1 Å². The number of dihydropyridines is 1. The zero-order valence-corrected chi connectivity index (χ0v) is 13.2. The Bertz CT molecular complexity index is 704. The van der Waals surface area contributed by atoms with Gasteiger partial charge in [-0.15, -0.1) is 0 Å². The molecule has 0 saturated carbocycles. The van der Waals surface area contributed by atoms with Gasteiger partial charge in [-0.2, -0.15) is 0 Å². The predicted octanol–water partition coefficient (Wildman–Crippen LogP) is 1.69. The summed E-state index contributed by atoms with van der Waals surface area (Å²) in [5.74, 6) is 1.79. The van der Waals surface area contributed by atoms with E-state index in [-0.39, 0.29) is 0 Å². The molecule has 0 amide bonds. The van der Waals surface area contributed by atoms with E-state index in [4.69, 9.17) is 4.98 Å². The van der Waals surface area contributed by atoms with Crippen LogP contribution in [-0.4, -0.2) is 15.8 Å². The Balaban J connectivity index is 2.20. The highest BCUT2D eigenvalue weighted by atomic mass is 15.1. The van der Waals surface area contributed by atoms with Gasteiger partial charge in [0.25, 0.3) is 0 Å². The highest BCUT2D eigenvalue weighted by molar-refractivity contribution is 5.78. The van der Waals surface area contributed by atoms with Gasteiger partial charge in [0.05, 0.1) is 11.0 Å². The molecule has 4 heteroatoms. The van der Waals surface area contributed by atoms with Crippen LogP contribution in [-0.2, 0) is 13.0 Å². The average molecular weight is 284 g/mol. The van der Waals surface area contributed by atoms with Gasteiger partial charge in [-0.3, -0.25) is 4.99 Å². The van der Waals surface area contributed by atoms with Gasteiger partial charge in [-0.05, 0) is 12.3 Å². The molecule has 2 aliphatic heterocycles. The van der Waals surface area contributed by atoms with E-state index in [1.807, 2.05) is 12.4 Å². The van der Waals surface area contributed by atoms with Crippen LogP contribution in [0.15, 0.2) is 16.8 Å². The number of aliphatic imine (C=N–C) groups is 1. The van der Waals surface area contributed by atoms with Crippen molar-refractivity contribution in [1.82, 2.24) is 14.9 Å². The molecule has 0 bridgehead atoms. The molecule has 0 spiro atoms. The van der Waals surface area contributed by atoms with Gasteiger partial charge in [0.15, 0.2) is 0 Å². The minimum atomic E-state index is 0.596. The third-order valence-electron chi connectivity index (χ3n) is 3.87. The normalized spacial score (nSPS) is 16.2. The molecule has 1 aromatic rings. The second-order valence-electron chi connectivity index (χ2n) is 6.17. The maximum atomic E-state index is 4.86. The number of unbranched alkanes of at least 4 members (excludes halogenated alkanes) is 1. The standard InChI is InChI=1S/C17H24N4/c1-4-5-8-15-20-14-10-19-13-7-6-9-18-16(13)17(14)21(15)11-12(2)3/h7,9-10,12,19H,4-6,8,11H2,1-3H3. The maximum absolute atomic E-state index is 4.86. The molecule has 0 radical (unpaired) electrons. The Kier molecular flexibility index (Phi) is 3.95. The molecule has 3 rings (SSSR count). The van der Waals surface area contributed by atoms with Gasteiger partial charge in [-0.25, -0.2) is 4.98 Å². The molecule has 4 nitrogen and oxygen atoms in total. The van der Waals surface area contributed by atoms with E-state index in [1.165, 1.54) is 24.0 Å². The van der Waals surface area contributed by atoms with Gasteiger partial charge in [0.1, 0.15) is 16.9 Å². The topological polar surface area (TPSA) is 42.2 Å². The number of rotatable bonds is 5. The summed E-state index contributed by atoms with van der Waals surface area (Å²) in [6, 6.07) is 0. The summed E-state index contributed by atoms with van der Waals surface area (Å²) in [7, 11) is 0. The van der Waals surface area contributed by atoms with Crippen molar-refractivity contribution < 1.29 is 0 Å². The molecule has 2 aliphatic rings. The number of nitrogens with zero attached hydrogens (tertiary/aromatic N) is 3. The van der Waals surface area contributed by atoms with Crippen molar-refractivity contribution in [2.45, 2.75) is 53.0 Å². The largest absolute Gasteiger partial charge is 0.358 e. The Labute approximate surface area is 126 Å². The fourth-order valence-electron chi connectivity index (χ4n) is 2.90. The van der Waals surface area contributed by atoms with Crippen molar-refractivity contribution in [2.24, 2.45) is 10.9 Å². The number of hydrogen-bond donors (Lipinski definition) is 1. The minimum Gasteiger partial charge on any atom is -0.358 e. The Morgan fingerprint density at radius 2 is 2.24 bits per heavy atom. The second-order valence-corrected chi connectivity index (χ2v) is 6.17. The molecular weight excluding hydrogens is 260 g/mol. The van der Waals surface area contributed by atoms with Crippen LogP contribution < -0.4 is 16.0 Å². The Hall–Kier alpha value is -1.84. The van der Waals surface area contributed by atoms with Crippen LogP contribution >= 0.6 is 0 Å². The van der Waals surface area contributed by atoms with Gasteiger partial charge in [0.2, 0.25) is 0 Å². The summed E-state index contributed by atoms with van der Waals surface area (Å²) in [6.07, 6.45) is 10.5. The number of imidazole rings is 1.